The molecule has 0 atom stereocenters. The van der Waals surface area contributed by atoms with Gasteiger partial charge in [-0.2, -0.15) is 10.1 Å². The van der Waals surface area contributed by atoms with E-state index in [0.717, 1.165) is 12.8 Å². The first-order valence-corrected chi connectivity index (χ1v) is 10.2. The van der Waals surface area contributed by atoms with Crippen LogP contribution in [0.5, 0.6) is 0 Å². The van der Waals surface area contributed by atoms with Crippen LogP contribution in [0.25, 0.3) is 11.2 Å². The number of aromatic amines is 1. The highest BCUT2D eigenvalue weighted by atomic mass is 16.6. The quantitative estimate of drug-likeness (QED) is 0.241. The highest BCUT2D eigenvalue weighted by molar-refractivity contribution is 5.81. The molecule has 0 unspecified atom stereocenters. The Labute approximate surface area is 187 Å². The third-order valence-electron chi connectivity index (χ3n) is 5.16. The molecule has 0 saturated carbocycles. The van der Waals surface area contributed by atoms with Crippen molar-refractivity contribution in [3.63, 3.8) is 0 Å². The number of nitro benzene ring substituents is 1. The van der Waals surface area contributed by atoms with Crippen molar-refractivity contribution in [2.75, 3.05) is 5.43 Å². The van der Waals surface area contributed by atoms with Crippen molar-refractivity contribution in [2.24, 2.45) is 12.1 Å². The third-order valence-corrected chi connectivity index (χ3v) is 5.16. The number of H-pyrrole nitrogens is 1. The normalized spacial score (nSPS) is 11.3. The van der Waals surface area contributed by atoms with Gasteiger partial charge in [0, 0.05) is 31.3 Å². The number of nitrogens with one attached hydrogen (secondary N) is 2. The Morgan fingerprint density at radius 2 is 1.97 bits per heavy atom. The number of non-ortho nitro benzene ring substituents is 1. The lowest BCUT2D eigenvalue weighted by molar-refractivity contribution is -0.384. The van der Waals surface area contributed by atoms with Crippen molar-refractivity contribution in [1.29, 1.82) is 0 Å². The Morgan fingerprint density at radius 3 is 2.73 bits per heavy atom. The summed E-state index contributed by atoms with van der Waals surface area (Å²) in [6.07, 6.45) is 2.94. The van der Waals surface area contributed by atoms with Gasteiger partial charge in [-0.05, 0) is 18.4 Å². The molecule has 2 heterocycles. The van der Waals surface area contributed by atoms with Crippen LogP contribution >= 0.6 is 0 Å². The maximum atomic E-state index is 12.6. The van der Waals surface area contributed by atoms with E-state index < -0.39 is 16.2 Å². The van der Waals surface area contributed by atoms with E-state index in [9.17, 15) is 19.7 Å². The summed E-state index contributed by atoms with van der Waals surface area (Å²) in [6.45, 7) is 0.460. The van der Waals surface area contributed by atoms with Crippen molar-refractivity contribution in [3.05, 3.63) is 96.7 Å². The Morgan fingerprint density at radius 1 is 1.18 bits per heavy atom. The minimum absolute atomic E-state index is 0.0476. The van der Waals surface area contributed by atoms with Gasteiger partial charge < -0.3 is 4.57 Å². The molecule has 0 aliphatic rings. The van der Waals surface area contributed by atoms with Gasteiger partial charge in [-0.3, -0.25) is 24.5 Å². The van der Waals surface area contributed by atoms with Gasteiger partial charge in [0.1, 0.15) is 0 Å². The van der Waals surface area contributed by atoms with Crippen LogP contribution in [0.4, 0.5) is 11.6 Å². The molecule has 2 N–H and O–H groups in total. The number of hydrazone groups is 1. The zero-order valence-corrected chi connectivity index (χ0v) is 17.8. The number of hydrogen-bond donors (Lipinski definition) is 2. The molecule has 0 radical (unpaired) electrons. The van der Waals surface area contributed by atoms with Crippen molar-refractivity contribution in [2.45, 2.75) is 19.4 Å². The molecule has 168 valence electrons. The van der Waals surface area contributed by atoms with Crippen LogP contribution in [0.2, 0.25) is 0 Å². The van der Waals surface area contributed by atoms with E-state index in [0.29, 0.717) is 12.1 Å². The molecule has 2 aromatic carbocycles. The maximum absolute atomic E-state index is 12.6. The lowest BCUT2D eigenvalue weighted by Crippen LogP contribution is -2.29. The summed E-state index contributed by atoms with van der Waals surface area (Å²) in [6, 6.07) is 16.0. The molecular weight excluding hydrogens is 426 g/mol. The summed E-state index contributed by atoms with van der Waals surface area (Å²) < 4.78 is 2.95. The Balaban J connectivity index is 1.64. The lowest BCUT2D eigenvalue weighted by Gasteiger charge is -2.08. The number of hydrogen-bond acceptors (Lipinski definition) is 7. The Bertz CT molecular complexity index is 1450. The van der Waals surface area contributed by atoms with Gasteiger partial charge in [-0.1, -0.05) is 42.5 Å². The molecule has 11 heteroatoms. The molecule has 0 fully saturated rings. The second-order valence-corrected chi connectivity index (χ2v) is 7.39. The van der Waals surface area contributed by atoms with E-state index in [1.54, 1.807) is 16.7 Å². The van der Waals surface area contributed by atoms with Gasteiger partial charge in [0.2, 0.25) is 5.95 Å². The van der Waals surface area contributed by atoms with Crippen molar-refractivity contribution >= 4 is 29.0 Å². The first-order chi connectivity index (χ1) is 15.9. The second-order valence-electron chi connectivity index (χ2n) is 7.39. The monoisotopic (exact) mass is 447 g/mol. The third kappa shape index (κ3) is 4.71. The van der Waals surface area contributed by atoms with Gasteiger partial charge in [-0.25, -0.2) is 10.2 Å². The Kier molecular flexibility index (Phi) is 6.11. The van der Waals surface area contributed by atoms with Crippen LogP contribution in [-0.2, 0) is 20.0 Å². The molecule has 4 aromatic rings. The number of anilines is 1. The predicted molar refractivity (Wildman–Crippen MR) is 125 cm³/mol. The number of nitrogens with zero attached hydrogens (tertiary/aromatic N) is 5. The van der Waals surface area contributed by atoms with Crippen LogP contribution in [-0.4, -0.2) is 30.2 Å². The van der Waals surface area contributed by atoms with Gasteiger partial charge in [0.05, 0.1) is 11.1 Å². The molecule has 0 spiro atoms. The molecule has 11 nitrogen and oxygen atoms in total. The number of rotatable bonds is 8. The molecular formula is C22H21N7O4. The van der Waals surface area contributed by atoms with Crippen LogP contribution in [0, 0.1) is 10.1 Å². The summed E-state index contributed by atoms with van der Waals surface area (Å²) in [5.74, 6) is 0.284. The minimum atomic E-state index is -0.562. The summed E-state index contributed by atoms with van der Waals surface area (Å²) in [4.78, 5) is 41.8. The van der Waals surface area contributed by atoms with E-state index in [2.05, 4.69) is 20.5 Å². The maximum Gasteiger partial charge on any atom is 0.329 e. The summed E-state index contributed by atoms with van der Waals surface area (Å²) in [5, 5.41) is 15.1. The molecule has 4 rings (SSSR count). The van der Waals surface area contributed by atoms with Crippen LogP contribution in [0.1, 0.15) is 17.5 Å². The number of fused-ring (bicyclic) bond motifs is 1. The fraction of sp³-hybridized carbons (Fsp3) is 0.182. The van der Waals surface area contributed by atoms with E-state index in [-0.39, 0.29) is 22.8 Å². The average Bonchev–Trinajstić information content (AvgIpc) is 3.17. The highest BCUT2D eigenvalue weighted by Crippen LogP contribution is 2.17. The fourth-order valence-electron chi connectivity index (χ4n) is 3.51. The summed E-state index contributed by atoms with van der Waals surface area (Å²) in [7, 11) is 1.53. The molecule has 0 bridgehead atoms. The van der Waals surface area contributed by atoms with Gasteiger partial charge >= 0.3 is 5.69 Å². The highest BCUT2D eigenvalue weighted by Gasteiger charge is 2.17. The number of aryl methyl sites for hydroxylation is 3. The van der Waals surface area contributed by atoms with Crippen molar-refractivity contribution < 1.29 is 4.92 Å². The van der Waals surface area contributed by atoms with Crippen LogP contribution in [0.3, 0.4) is 0 Å². The van der Waals surface area contributed by atoms with E-state index in [1.807, 2.05) is 30.3 Å². The van der Waals surface area contributed by atoms with Crippen LogP contribution < -0.4 is 16.7 Å². The first-order valence-electron chi connectivity index (χ1n) is 10.2. The molecule has 2 aromatic heterocycles. The smallest absolute Gasteiger partial charge is 0.303 e. The van der Waals surface area contributed by atoms with Gasteiger partial charge in [0.15, 0.2) is 11.2 Å². The lowest BCUT2D eigenvalue weighted by atomic mass is 10.1. The average molecular weight is 447 g/mol. The predicted octanol–water partition coefficient (Wildman–Crippen LogP) is 2.41. The number of benzene rings is 2. The summed E-state index contributed by atoms with van der Waals surface area (Å²) >= 11 is 0. The summed E-state index contributed by atoms with van der Waals surface area (Å²) in [5.41, 5.74) is 3.85. The largest absolute Gasteiger partial charge is 0.329 e. The minimum Gasteiger partial charge on any atom is -0.303 e. The fourth-order valence-corrected chi connectivity index (χ4v) is 3.51. The van der Waals surface area contributed by atoms with Gasteiger partial charge in [0.25, 0.3) is 11.2 Å². The number of imidazole rings is 1. The molecule has 0 saturated heterocycles. The molecule has 33 heavy (non-hydrogen) atoms. The van der Waals surface area contributed by atoms with Crippen molar-refractivity contribution in [3.8, 4) is 0 Å². The molecule has 0 amide bonds. The van der Waals surface area contributed by atoms with Crippen LogP contribution in [0.15, 0.2) is 69.3 Å². The standard InChI is InChI=1S/C22H21N7O4/c1-27-19-18(20(30)25-22(27)31)28(12-6-10-15-7-3-2-4-8-15)21(24-19)26-23-14-16-9-5-11-17(13-16)29(32)33/h2-5,7-9,11,13-14H,6,10,12H2,1H3,(H,24,26)(H,25,30,31)/b23-14+. The SMILES string of the molecule is Cn1c(=O)[nH]c(=O)c2c1nc(N/N=C/c1cccc([N+](=O)[O-])c1)n2CCCc1ccccc1. The zero-order valence-electron chi connectivity index (χ0n) is 17.8. The number of nitro groups is 1. The van der Waals surface area contributed by atoms with E-state index >= 15 is 0 Å². The number of aromatic nitrogens is 4. The van der Waals surface area contributed by atoms with Crippen molar-refractivity contribution in [1.82, 2.24) is 19.1 Å². The van der Waals surface area contributed by atoms with Gasteiger partial charge in [-0.15, -0.1) is 0 Å². The topological polar surface area (TPSA) is 140 Å². The van der Waals surface area contributed by atoms with E-state index in [1.165, 1.54) is 35.5 Å². The van der Waals surface area contributed by atoms with E-state index in [4.69, 9.17) is 0 Å². The second kappa shape index (κ2) is 9.30. The Hall–Kier alpha value is -4.54. The zero-order chi connectivity index (χ0) is 23.4. The molecule has 0 aliphatic heterocycles. The first kappa shape index (κ1) is 21.7. The molecule has 0 aliphatic carbocycles.